The molecule has 8 aromatic carbocycles. The van der Waals surface area contributed by atoms with Crippen LogP contribution in [-0.2, 0) is 0 Å². The maximum atomic E-state index is 9.95. The smallest absolute Gasteiger partial charge is 0.136 e. The van der Waals surface area contributed by atoms with Crippen molar-refractivity contribution in [1.29, 1.82) is 0 Å². The van der Waals surface area contributed by atoms with Gasteiger partial charge in [0.05, 0.1) is 42.5 Å². The normalized spacial score (nSPS) is 20.4. The number of hydrogen-bond donors (Lipinski definition) is 0. The molecule has 1 heterocycles. The van der Waals surface area contributed by atoms with Gasteiger partial charge < -0.3 is 9.32 Å². The first-order valence-electron chi connectivity index (χ1n) is 29.3. The van der Waals surface area contributed by atoms with Gasteiger partial charge in [0.1, 0.15) is 11.2 Å². The SMILES string of the molecule is [2H]c1c([2H])c([2H])c(-c2c([2H])c([2H])c(N(c3c([2H])c([2H])c(-c4c([2H])c([2H])c([2H])c([2H])c4[2H])c([2H])c3[2H])c3c([2H])c([2H])c4oc5c([2H])c([2H])c6c([2H])c(-c7c([2H])c([2H])c([2H])c([2H])c7[2H])c([2H])c([2H])c6c5c4c3[2H])c([2H])c2[2H])c([2H])c1[2H]. The maximum Gasteiger partial charge on any atom is 0.136 e. The van der Waals surface area contributed by atoms with Crippen molar-refractivity contribution in [2.75, 3.05) is 4.90 Å². The van der Waals surface area contributed by atoms with Gasteiger partial charge in [0, 0.05) is 27.8 Å². The van der Waals surface area contributed by atoms with Crippen molar-refractivity contribution in [2.24, 2.45) is 0 Å². The molecule has 2 heteroatoms. The molecule has 9 aromatic rings. The average Bonchev–Trinajstić information content (AvgIpc) is 3.82. The second kappa shape index (κ2) is 11.8. The van der Waals surface area contributed by atoms with Crippen LogP contribution in [-0.4, -0.2) is 0 Å². The third kappa shape index (κ3) is 5.01. The Morgan fingerprint density at radius 2 is 0.812 bits per heavy atom. The fourth-order valence-corrected chi connectivity index (χ4v) is 4.82. The zero-order valence-corrected chi connectivity index (χ0v) is 23.9. The molecule has 0 radical (unpaired) electrons. The van der Waals surface area contributed by atoms with E-state index in [9.17, 15) is 17.8 Å². The van der Waals surface area contributed by atoms with E-state index in [1.54, 1.807) is 0 Å². The van der Waals surface area contributed by atoms with E-state index in [1.165, 1.54) is 0 Å². The molecular formula is C46H31NO. The first kappa shape index (κ1) is 10.6. The van der Waals surface area contributed by atoms with Crippen LogP contribution in [0.3, 0.4) is 0 Å². The summed E-state index contributed by atoms with van der Waals surface area (Å²) in [4.78, 5) is 0.340. The molecular weight excluding hydrogens is 583 g/mol. The zero-order chi connectivity index (χ0) is 58.8. The highest BCUT2D eigenvalue weighted by Crippen LogP contribution is 2.42. The van der Waals surface area contributed by atoms with Crippen LogP contribution in [0.4, 0.5) is 17.1 Å². The lowest BCUT2D eigenvalue weighted by molar-refractivity contribution is 0.669. The largest absolute Gasteiger partial charge is 0.456 e. The van der Waals surface area contributed by atoms with Crippen molar-refractivity contribution in [3.63, 3.8) is 0 Å². The van der Waals surface area contributed by atoms with Gasteiger partial charge in [-0.1, -0.05) is 133 Å². The molecule has 0 bridgehead atoms. The Kier molecular flexibility index (Phi) is 2.59. The lowest BCUT2D eigenvalue weighted by Crippen LogP contribution is -2.09. The highest BCUT2D eigenvalue weighted by molar-refractivity contribution is 6.19. The lowest BCUT2D eigenvalue weighted by atomic mass is 9.98. The Morgan fingerprint density at radius 3 is 1.38 bits per heavy atom. The second-order valence-electron chi connectivity index (χ2n) is 9.77. The molecule has 0 amide bonds. The van der Waals surface area contributed by atoms with Gasteiger partial charge in [0.25, 0.3) is 0 Å². The molecule has 0 aliphatic heterocycles. The molecule has 0 spiro atoms. The van der Waals surface area contributed by atoms with Gasteiger partial charge in [-0.2, -0.15) is 0 Å². The van der Waals surface area contributed by atoms with Gasteiger partial charge in [-0.3, -0.25) is 0 Å². The molecule has 0 unspecified atom stereocenters. The van der Waals surface area contributed by atoms with E-state index in [4.69, 9.17) is 29.1 Å². The summed E-state index contributed by atoms with van der Waals surface area (Å²) in [6, 6.07) is -31.7. The number of hydrogen-bond acceptors (Lipinski definition) is 2. The molecule has 0 atom stereocenters. The molecule has 0 aliphatic rings. The molecule has 0 aliphatic carbocycles. The molecule has 226 valence electrons. The van der Waals surface area contributed by atoms with Crippen LogP contribution in [0.5, 0.6) is 0 Å². The number of fused-ring (bicyclic) bond motifs is 5. The molecule has 0 saturated heterocycles. The van der Waals surface area contributed by atoms with Crippen LogP contribution < -0.4 is 4.90 Å². The average molecular weight is 645 g/mol. The number of anilines is 3. The maximum absolute atomic E-state index is 9.95. The Morgan fingerprint density at radius 1 is 0.354 bits per heavy atom. The lowest BCUT2D eigenvalue weighted by Gasteiger charge is -2.26. The molecule has 0 saturated carbocycles. The van der Waals surface area contributed by atoms with Crippen LogP contribution in [0.1, 0.15) is 42.5 Å². The Bertz CT molecular complexity index is 4060. The number of benzene rings is 8. The fourth-order valence-electron chi connectivity index (χ4n) is 4.82. The third-order valence-electron chi connectivity index (χ3n) is 6.95. The summed E-state index contributed by atoms with van der Waals surface area (Å²) >= 11 is 0. The standard InChI is InChI=1S/C46H31NO/c1-4-10-32(11-5-1)35-16-22-39(23-17-35)47(40-24-18-36(19-25-40)33-12-6-2-7-13-33)41-26-29-44-43(31-41)46-42-27-20-37(34-14-8-3-9-15-34)30-38(42)21-28-45(46)48-44/h1-31H/i1D,2D,3D,4D,5D,6D,7D,8D,9D,10D,11D,12D,13D,14D,15D,16D,17D,18D,19D,20D,21D,22D,23D,24D,25D,26D,27D,28D,29D,30D,31D. The summed E-state index contributed by atoms with van der Waals surface area (Å²) in [5.74, 6) is 0. The molecule has 1 aromatic heterocycles. The Hall–Kier alpha value is -6.38. The minimum Gasteiger partial charge on any atom is -0.456 e. The van der Waals surface area contributed by atoms with Gasteiger partial charge in [0.2, 0.25) is 0 Å². The van der Waals surface area contributed by atoms with Crippen molar-refractivity contribution in [2.45, 2.75) is 0 Å². The van der Waals surface area contributed by atoms with Gasteiger partial charge in [-0.25, -0.2) is 0 Å². The fraction of sp³-hybridized carbons (Fsp3) is 0. The summed E-state index contributed by atoms with van der Waals surface area (Å²) in [6.45, 7) is 0. The van der Waals surface area contributed by atoms with Crippen LogP contribution in [0.2, 0.25) is 0 Å². The van der Waals surface area contributed by atoms with Crippen molar-refractivity contribution in [1.82, 2.24) is 0 Å². The zero-order valence-electron chi connectivity index (χ0n) is 54.9. The van der Waals surface area contributed by atoms with Crippen LogP contribution in [0, 0.1) is 0 Å². The topological polar surface area (TPSA) is 16.4 Å². The predicted octanol–water partition coefficient (Wildman–Crippen LogP) is 13.2. The van der Waals surface area contributed by atoms with Crippen LogP contribution in [0.25, 0.3) is 66.1 Å². The number of rotatable bonds is 6. The minimum absolute atomic E-state index is 0.340. The van der Waals surface area contributed by atoms with E-state index >= 15 is 0 Å². The van der Waals surface area contributed by atoms with Gasteiger partial charge in [-0.05, 0) is 98.5 Å². The van der Waals surface area contributed by atoms with E-state index in [0.29, 0.717) is 4.90 Å². The Balaban J connectivity index is 1.49. The third-order valence-corrected chi connectivity index (χ3v) is 6.95. The molecule has 0 fully saturated rings. The monoisotopic (exact) mass is 644 g/mol. The van der Waals surface area contributed by atoms with E-state index < -0.39 is 270 Å². The van der Waals surface area contributed by atoms with Crippen molar-refractivity contribution < 1.29 is 46.9 Å². The first-order chi connectivity index (χ1) is 36.7. The molecule has 48 heavy (non-hydrogen) atoms. The Labute approximate surface area is 323 Å². The van der Waals surface area contributed by atoms with Gasteiger partial charge >= 0.3 is 0 Å². The van der Waals surface area contributed by atoms with Gasteiger partial charge in [0.15, 0.2) is 0 Å². The van der Waals surface area contributed by atoms with E-state index in [-0.39, 0.29) is 0 Å². The van der Waals surface area contributed by atoms with Crippen molar-refractivity contribution in [3.05, 3.63) is 187 Å². The summed E-state index contributed by atoms with van der Waals surface area (Å²) in [6.07, 6.45) is 0. The summed E-state index contributed by atoms with van der Waals surface area (Å²) < 4.78 is 281. The van der Waals surface area contributed by atoms with Crippen LogP contribution in [0.15, 0.2) is 192 Å². The minimum atomic E-state index is -1.26. The summed E-state index contributed by atoms with van der Waals surface area (Å²) in [7, 11) is 0. The number of furan rings is 1. The second-order valence-corrected chi connectivity index (χ2v) is 9.77. The van der Waals surface area contributed by atoms with Gasteiger partial charge in [-0.15, -0.1) is 0 Å². The number of nitrogens with zero attached hydrogens (tertiary/aromatic N) is 1. The van der Waals surface area contributed by atoms with E-state index in [0.717, 1.165) is 0 Å². The predicted molar refractivity (Wildman–Crippen MR) is 202 cm³/mol. The molecule has 0 N–H and O–H groups in total. The summed E-state index contributed by atoms with van der Waals surface area (Å²) in [5.41, 5.74) is -9.81. The van der Waals surface area contributed by atoms with Crippen LogP contribution >= 0.6 is 0 Å². The van der Waals surface area contributed by atoms with E-state index in [1.807, 2.05) is 0 Å². The molecule has 9 rings (SSSR count). The van der Waals surface area contributed by atoms with Crippen molar-refractivity contribution >= 4 is 49.8 Å². The molecule has 2 nitrogen and oxygen atoms in total. The van der Waals surface area contributed by atoms with E-state index in [2.05, 4.69) is 0 Å². The highest BCUT2D eigenvalue weighted by atomic mass is 16.3. The highest BCUT2D eigenvalue weighted by Gasteiger charge is 2.17. The first-order valence-corrected chi connectivity index (χ1v) is 13.8. The quantitative estimate of drug-likeness (QED) is 0.179. The van der Waals surface area contributed by atoms with Crippen molar-refractivity contribution in [3.8, 4) is 33.4 Å². The summed E-state index contributed by atoms with van der Waals surface area (Å²) in [5, 5.41) is -2.64.